The Morgan fingerprint density at radius 3 is 2.42 bits per heavy atom. The topological polar surface area (TPSA) is 56.8 Å². The van der Waals surface area contributed by atoms with E-state index < -0.39 is 6.10 Å². The van der Waals surface area contributed by atoms with E-state index in [0.29, 0.717) is 35.2 Å². The predicted molar refractivity (Wildman–Crippen MR) is 103 cm³/mol. The number of rotatable bonds is 8. The molecule has 26 heavy (non-hydrogen) atoms. The molecule has 0 aliphatic heterocycles. The van der Waals surface area contributed by atoms with Gasteiger partial charge in [-0.15, -0.1) is 0 Å². The Labute approximate surface area is 159 Å². The van der Waals surface area contributed by atoms with Crippen molar-refractivity contribution < 1.29 is 19.0 Å². The monoisotopic (exact) mass is 377 g/mol. The van der Waals surface area contributed by atoms with E-state index in [0.717, 1.165) is 11.1 Å². The summed E-state index contributed by atoms with van der Waals surface area (Å²) in [6.45, 7) is 4.12. The van der Waals surface area contributed by atoms with Crippen LogP contribution in [-0.4, -0.2) is 32.8 Å². The van der Waals surface area contributed by atoms with Gasteiger partial charge in [0.15, 0.2) is 17.6 Å². The van der Waals surface area contributed by atoms with Gasteiger partial charge in [-0.25, -0.2) is 0 Å². The van der Waals surface area contributed by atoms with Gasteiger partial charge in [0.25, 0.3) is 5.91 Å². The van der Waals surface area contributed by atoms with Crippen molar-refractivity contribution in [2.24, 2.45) is 0 Å². The van der Waals surface area contributed by atoms with Gasteiger partial charge >= 0.3 is 0 Å². The van der Waals surface area contributed by atoms with Crippen molar-refractivity contribution >= 4 is 17.5 Å². The SMILES string of the molecule is COc1ccc(CCNC(=O)[C@H](C)Oc2ccc(Cl)cc2C)cc1OC. The molecule has 0 bridgehead atoms. The summed E-state index contributed by atoms with van der Waals surface area (Å²) in [5.41, 5.74) is 1.94. The van der Waals surface area contributed by atoms with Gasteiger partial charge in [-0.2, -0.15) is 0 Å². The van der Waals surface area contributed by atoms with Crippen molar-refractivity contribution in [2.45, 2.75) is 26.4 Å². The van der Waals surface area contributed by atoms with Gasteiger partial charge in [-0.3, -0.25) is 4.79 Å². The highest BCUT2D eigenvalue weighted by Crippen LogP contribution is 2.27. The van der Waals surface area contributed by atoms with Crippen LogP contribution >= 0.6 is 11.6 Å². The van der Waals surface area contributed by atoms with Crippen LogP contribution in [-0.2, 0) is 11.2 Å². The maximum atomic E-state index is 12.2. The summed E-state index contributed by atoms with van der Waals surface area (Å²) in [4.78, 5) is 12.2. The summed E-state index contributed by atoms with van der Waals surface area (Å²) in [6.07, 6.45) is 0.0824. The zero-order valence-electron chi connectivity index (χ0n) is 15.5. The molecule has 0 fully saturated rings. The van der Waals surface area contributed by atoms with Crippen molar-refractivity contribution in [3.05, 3.63) is 52.5 Å². The van der Waals surface area contributed by atoms with Crippen LogP contribution in [0.25, 0.3) is 0 Å². The fourth-order valence-electron chi connectivity index (χ4n) is 2.50. The number of benzene rings is 2. The van der Waals surface area contributed by atoms with Crippen molar-refractivity contribution in [3.63, 3.8) is 0 Å². The molecule has 0 aromatic heterocycles. The summed E-state index contributed by atoms with van der Waals surface area (Å²) in [5.74, 6) is 1.84. The van der Waals surface area contributed by atoms with Gasteiger partial charge in [0.1, 0.15) is 5.75 Å². The molecule has 0 radical (unpaired) electrons. The van der Waals surface area contributed by atoms with Gasteiger partial charge in [0, 0.05) is 11.6 Å². The summed E-state index contributed by atoms with van der Waals surface area (Å²) in [7, 11) is 3.20. The fourth-order valence-corrected chi connectivity index (χ4v) is 2.73. The quantitative estimate of drug-likeness (QED) is 0.760. The molecule has 1 N–H and O–H groups in total. The van der Waals surface area contributed by atoms with Crippen LogP contribution in [0.1, 0.15) is 18.1 Å². The average molecular weight is 378 g/mol. The largest absolute Gasteiger partial charge is 0.493 e. The smallest absolute Gasteiger partial charge is 0.260 e. The third-order valence-electron chi connectivity index (χ3n) is 3.97. The normalized spacial score (nSPS) is 11.6. The van der Waals surface area contributed by atoms with Crippen molar-refractivity contribution in [2.75, 3.05) is 20.8 Å². The first kappa shape index (κ1) is 19.9. The molecule has 0 spiro atoms. The lowest BCUT2D eigenvalue weighted by atomic mass is 10.1. The van der Waals surface area contributed by atoms with Crippen LogP contribution in [0.15, 0.2) is 36.4 Å². The Morgan fingerprint density at radius 2 is 1.77 bits per heavy atom. The number of carbonyl (C=O) groups excluding carboxylic acids is 1. The number of carbonyl (C=O) groups is 1. The number of hydrogen-bond acceptors (Lipinski definition) is 4. The maximum absolute atomic E-state index is 12.2. The van der Waals surface area contributed by atoms with Gasteiger partial charge in [0.2, 0.25) is 0 Å². The maximum Gasteiger partial charge on any atom is 0.260 e. The third kappa shape index (κ3) is 5.30. The minimum absolute atomic E-state index is 0.167. The summed E-state index contributed by atoms with van der Waals surface area (Å²) >= 11 is 5.93. The lowest BCUT2D eigenvalue weighted by Crippen LogP contribution is -2.37. The zero-order chi connectivity index (χ0) is 19.1. The highest BCUT2D eigenvalue weighted by atomic mass is 35.5. The van der Waals surface area contributed by atoms with E-state index >= 15 is 0 Å². The Kier molecular flexibility index (Phi) is 7.16. The highest BCUT2D eigenvalue weighted by molar-refractivity contribution is 6.30. The number of nitrogens with one attached hydrogen (secondary N) is 1. The molecule has 2 aromatic carbocycles. The number of aryl methyl sites for hydroxylation is 1. The van der Waals surface area contributed by atoms with E-state index in [9.17, 15) is 4.79 Å². The summed E-state index contributed by atoms with van der Waals surface area (Å²) < 4.78 is 16.2. The highest BCUT2D eigenvalue weighted by Gasteiger charge is 2.15. The number of amides is 1. The number of ether oxygens (including phenoxy) is 3. The Balaban J connectivity index is 1.86. The molecule has 1 atom stereocenters. The van der Waals surface area contributed by atoms with E-state index in [2.05, 4.69) is 5.32 Å². The van der Waals surface area contributed by atoms with E-state index in [-0.39, 0.29) is 5.91 Å². The molecule has 0 heterocycles. The lowest BCUT2D eigenvalue weighted by Gasteiger charge is -2.16. The van der Waals surface area contributed by atoms with E-state index in [1.54, 1.807) is 39.3 Å². The number of hydrogen-bond donors (Lipinski definition) is 1. The second-order valence-electron chi connectivity index (χ2n) is 5.90. The van der Waals surface area contributed by atoms with Crippen LogP contribution in [0.4, 0.5) is 0 Å². The Morgan fingerprint density at radius 1 is 1.08 bits per heavy atom. The molecule has 0 saturated heterocycles. The first-order chi connectivity index (χ1) is 12.4. The minimum atomic E-state index is -0.597. The standard InChI is InChI=1S/C20H24ClNO4/c1-13-11-16(21)6-8-17(13)26-14(2)20(23)22-10-9-15-5-7-18(24-3)19(12-15)25-4/h5-8,11-12,14H,9-10H2,1-4H3,(H,22,23)/t14-/m0/s1. The molecule has 0 saturated carbocycles. The number of methoxy groups -OCH3 is 2. The zero-order valence-corrected chi connectivity index (χ0v) is 16.2. The van der Waals surface area contributed by atoms with Crippen LogP contribution in [0, 0.1) is 6.92 Å². The molecule has 0 aliphatic rings. The Hall–Kier alpha value is -2.40. The van der Waals surface area contributed by atoms with Gasteiger partial charge in [-0.05, 0) is 61.7 Å². The lowest BCUT2D eigenvalue weighted by molar-refractivity contribution is -0.127. The molecule has 0 unspecified atom stereocenters. The van der Waals surface area contributed by atoms with Gasteiger partial charge in [0.05, 0.1) is 14.2 Å². The second-order valence-corrected chi connectivity index (χ2v) is 6.34. The molecule has 1 amide bonds. The molecule has 2 aromatic rings. The molecule has 5 nitrogen and oxygen atoms in total. The minimum Gasteiger partial charge on any atom is -0.493 e. The molecule has 0 aliphatic carbocycles. The molecular formula is C20H24ClNO4. The van der Waals surface area contributed by atoms with Crippen molar-refractivity contribution in [3.8, 4) is 17.2 Å². The molecule has 6 heteroatoms. The van der Waals surface area contributed by atoms with Crippen LogP contribution in [0.2, 0.25) is 5.02 Å². The van der Waals surface area contributed by atoms with Crippen LogP contribution in [0.3, 0.4) is 0 Å². The van der Waals surface area contributed by atoms with Crippen LogP contribution < -0.4 is 19.5 Å². The summed E-state index contributed by atoms with van der Waals surface area (Å²) in [6, 6.07) is 11.0. The second kappa shape index (κ2) is 9.34. The molecular weight excluding hydrogens is 354 g/mol. The van der Waals surface area contributed by atoms with Crippen molar-refractivity contribution in [1.29, 1.82) is 0 Å². The summed E-state index contributed by atoms with van der Waals surface area (Å²) in [5, 5.41) is 3.53. The third-order valence-corrected chi connectivity index (χ3v) is 4.21. The molecule has 2 rings (SSSR count). The number of halogens is 1. The first-order valence-electron chi connectivity index (χ1n) is 8.36. The molecule has 140 valence electrons. The predicted octanol–water partition coefficient (Wildman–Crippen LogP) is 3.79. The van der Waals surface area contributed by atoms with E-state index in [1.165, 1.54) is 0 Å². The van der Waals surface area contributed by atoms with Crippen LogP contribution in [0.5, 0.6) is 17.2 Å². The van der Waals surface area contributed by atoms with Gasteiger partial charge < -0.3 is 19.5 Å². The van der Waals surface area contributed by atoms with Crippen molar-refractivity contribution in [1.82, 2.24) is 5.32 Å². The Bertz CT molecular complexity index is 763. The average Bonchev–Trinajstić information content (AvgIpc) is 2.63. The van der Waals surface area contributed by atoms with E-state index in [1.807, 2.05) is 25.1 Å². The first-order valence-corrected chi connectivity index (χ1v) is 8.73. The fraction of sp³-hybridized carbons (Fsp3) is 0.350. The van der Waals surface area contributed by atoms with Gasteiger partial charge in [-0.1, -0.05) is 17.7 Å². The van der Waals surface area contributed by atoms with E-state index in [4.69, 9.17) is 25.8 Å².